The SMILES string of the molecule is O=c1cn[nH]c(=O)n1-c1cc(OC2CCCC2)c(Cl)cc1F. The van der Waals surface area contributed by atoms with Crippen molar-refractivity contribution >= 4 is 11.6 Å². The molecule has 116 valence electrons. The minimum atomic E-state index is -0.833. The lowest BCUT2D eigenvalue weighted by atomic mass is 10.2. The Morgan fingerprint density at radius 3 is 2.73 bits per heavy atom. The molecule has 0 spiro atoms. The first kappa shape index (κ1) is 14.8. The molecule has 0 aliphatic heterocycles. The number of rotatable bonds is 3. The van der Waals surface area contributed by atoms with Crippen LogP contribution < -0.4 is 16.0 Å². The van der Waals surface area contributed by atoms with Crippen LogP contribution in [0.4, 0.5) is 4.39 Å². The molecule has 1 N–H and O–H groups in total. The van der Waals surface area contributed by atoms with Gasteiger partial charge in [0.15, 0.2) is 0 Å². The van der Waals surface area contributed by atoms with Gasteiger partial charge in [0.1, 0.15) is 17.8 Å². The molecule has 1 heterocycles. The van der Waals surface area contributed by atoms with Gasteiger partial charge in [-0.05, 0) is 31.7 Å². The van der Waals surface area contributed by atoms with E-state index in [1.54, 1.807) is 0 Å². The van der Waals surface area contributed by atoms with Gasteiger partial charge in [0, 0.05) is 6.07 Å². The summed E-state index contributed by atoms with van der Waals surface area (Å²) in [5.74, 6) is -0.532. The topological polar surface area (TPSA) is 77.0 Å². The van der Waals surface area contributed by atoms with Crippen LogP contribution in [0, 0.1) is 5.82 Å². The van der Waals surface area contributed by atoms with E-state index in [9.17, 15) is 14.0 Å². The highest BCUT2D eigenvalue weighted by Crippen LogP contribution is 2.32. The van der Waals surface area contributed by atoms with Crippen LogP contribution in [0.2, 0.25) is 5.02 Å². The quantitative estimate of drug-likeness (QED) is 0.936. The second kappa shape index (κ2) is 5.92. The molecular formula is C14H13ClFN3O3. The Hall–Kier alpha value is -2.15. The summed E-state index contributed by atoms with van der Waals surface area (Å²) in [6, 6.07) is 2.31. The molecule has 1 fully saturated rings. The molecule has 1 aromatic carbocycles. The Morgan fingerprint density at radius 1 is 1.32 bits per heavy atom. The number of aromatic amines is 1. The smallest absolute Gasteiger partial charge is 0.349 e. The Bertz CT molecular complexity index is 783. The number of ether oxygens (including phenoxy) is 1. The first-order chi connectivity index (χ1) is 10.6. The summed E-state index contributed by atoms with van der Waals surface area (Å²) >= 11 is 6.00. The number of aromatic nitrogens is 3. The van der Waals surface area contributed by atoms with Gasteiger partial charge in [0.05, 0.1) is 16.8 Å². The minimum Gasteiger partial charge on any atom is -0.489 e. The summed E-state index contributed by atoms with van der Waals surface area (Å²) in [7, 11) is 0. The number of H-pyrrole nitrogens is 1. The summed E-state index contributed by atoms with van der Waals surface area (Å²) in [6.07, 6.45) is 4.85. The van der Waals surface area contributed by atoms with Gasteiger partial charge in [-0.1, -0.05) is 11.6 Å². The third kappa shape index (κ3) is 2.76. The van der Waals surface area contributed by atoms with Gasteiger partial charge in [-0.25, -0.2) is 18.9 Å². The van der Waals surface area contributed by atoms with Gasteiger partial charge in [-0.2, -0.15) is 5.10 Å². The first-order valence-electron chi connectivity index (χ1n) is 6.89. The summed E-state index contributed by atoms with van der Waals surface area (Å²) in [4.78, 5) is 23.5. The first-order valence-corrected chi connectivity index (χ1v) is 7.27. The fourth-order valence-corrected chi connectivity index (χ4v) is 2.74. The molecule has 0 amide bonds. The monoisotopic (exact) mass is 325 g/mol. The minimum absolute atomic E-state index is 0.0169. The molecule has 0 radical (unpaired) electrons. The lowest BCUT2D eigenvalue weighted by Crippen LogP contribution is -2.34. The van der Waals surface area contributed by atoms with Crippen LogP contribution in [0.15, 0.2) is 27.9 Å². The molecule has 1 aliphatic rings. The van der Waals surface area contributed by atoms with Crippen molar-refractivity contribution in [2.75, 3.05) is 0 Å². The van der Waals surface area contributed by atoms with E-state index in [0.717, 1.165) is 37.9 Å². The lowest BCUT2D eigenvalue weighted by Gasteiger charge is -2.16. The molecule has 0 unspecified atom stereocenters. The average Bonchev–Trinajstić information content (AvgIpc) is 2.96. The molecule has 3 rings (SSSR count). The molecule has 22 heavy (non-hydrogen) atoms. The van der Waals surface area contributed by atoms with Gasteiger partial charge >= 0.3 is 5.69 Å². The number of hydrogen-bond donors (Lipinski definition) is 1. The molecule has 0 saturated heterocycles. The number of hydrogen-bond acceptors (Lipinski definition) is 4. The molecule has 1 saturated carbocycles. The van der Waals surface area contributed by atoms with Gasteiger partial charge in [0.2, 0.25) is 0 Å². The average molecular weight is 326 g/mol. The van der Waals surface area contributed by atoms with E-state index in [1.165, 1.54) is 6.07 Å². The van der Waals surface area contributed by atoms with E-state index in [-0.39, 0.29) is 22.6 Å². The predicted octanol–water partition coefficient (Wildman–Crippen LogP) is 2.03. The van der Waals surface area contributed by atoms with Crippen molar-refractivity contribution in [1.82, 2.24) is 14.8 Å². The molecule has 0 atom stereocenters. The zero-order valence-electron chi connectivity index (χ0n) is 11.5. The standard InChI is InChI=1S/C14H13ClFN3O3/c15-9-5-10(16)11(19-13(20)7-17-18-14(19)21)6-12(9)22-8-3-1-2-4-8/h5-8H,1-4H2,(H,18,21). The number of nitrogens with zero attached hydrogens (tertiary/aromatic N) is 2. The van der Waals surface area contributed by atoms with E-state index in [0.29, 0.717) is 4.57 Å². The number of benzene rings is 1. The third-order valence-corrected chi connectivity index (χ3v) is 3.89. The van der Waals surface area contributed by atoms with E-state index >= 15 is 0 Å². The summed E-state index contributed by atoms with van der Waals surface area (Å²) < 4.78 is 20.5. The number of halogens is 2. The van der Waals surface area contributed by atoms with Crippen molar-refractivity contribution in [3.8, 4) is 11.4 Å². The number of nitrogens with one attached hydrogen (secondary N) is 1. The van der Waals surface area contributed by atoms with Gasteiger partial charge in [-0.3, -0.25) is 4.79 Å². The molecule has 6 nitrogen and oxygen atoms in total. The van der Waals surface area contributed by atoms with E-state index < -0.39 is 17.1 Å². The zero-order chi connectivity index (χ0) is 15.7. The molecule has 0 bridgehead atoms. The van der Waals surface area contributed by atoms with Crippen LogP contribution in [0.25, 0.3) is 5.69 Å². The van der Waals surface area contributed by atoms with Crippen molar-refractivity contribution in [3.05, 3.63) is 50.0 Å². The fourth-order valence-electron chi connectivity index (χ4n) is 2.54. The van der Waals surface area contributed by atoms with Crippen LogP contribution in [-0.4, -0.2) is 20.9 Å². The zero-order valence-corrected chi connectivity index (χ0v) is 12.3. The van der Waals surface area contributed by atoms with Crippen LogP contribution in [0.1, 0.15) is 25.7 Å². The van der Waals surface area contributed by atoms with Crippen molar-refractivity contribution in [3.63, 3.8) is 0 Å². The van der Waals surface area contributed by atoms with Crippen molar-refractivity contribution < 1.29 is 9.13 Å². The molecule has 1 aliphatic carbocycles. The van der Waals surface area contributed by atoms with Gasteiger partial charge in [0.25, 0.3) is 5.56 Å². The van der Waals surface area contributed by atoms with E-state index in [2.05, 4.69) is 10.2 Å². The second-order valence-corrected chi connectivity index (χ2v) is 5.51. The maximum Gasteiger partial charge on any atom is 0.349 e. The van der Waals surface area contributed by atoms with Crippen molar-refractivity contribution in [2.24, 2.45) is 0 Å². The van der Waals surface area contributed by atoms with E-state index in [1.807, 2.05) is 0 Å². The molecular weight excluding hydrogens is 313 g/mol. The lowest BCUT2D eigenvalue weighted by molar-refractivity contribution is 0.210. The second-order valence-electron chi connectivity index (χ2n) is 5.11. The van der Waals surface area contributed by atoms with Gasteiger partial charge in [-0.15, -0.1) is 0 Å². The van der Waals surface area contributed by atoms with E-state index in [4.69, 9.17) is 16.3 Å². The van der Waals surface area contributed by atoms with Crippen molar-refractivity contribution in [1.29, 1.82) is 0 Å². The maximum atomic E-state index is 14.1. The van der Waals surface area contributed by atoms with Crippen LogP contribution in [0.3, 0.4) is 0 Å². The Kier molecular flexibility index (Phi) is 3.98. The fraction of sp³-hybridized carbons (Fsp3) is 0.357. The van der Waals surface area contributed by atoms with Crippen molar-refractivity contribution in [2.45, 2.75) is 31.8 Å². The highest BCUT2D eigenvalue weighted by Gasteiger charge is 2.20. The summed E-state index contributed by atoms with van der Waals surface area (Å²) in [5, 5.41) is 5.57. The van der Waals surface area contributed by atoms with Crippen LogP contribution in [0.5, 0.6) is 5.75 Å². The predicted molar refractivity (Wildman–Crippen MR) is 78.3 cm³/mol. The van der Waals surface area contributed by atoms with Crippen LogP contribution in [-0.2, 0) is 0 Å². The molecule has 8 heteroatoms. The maximum absolute atomic E-state index is 14.1. The normalized spacial score (nSPS) is 15.2. The summed E-state index contributed by atoms with van der Waals surface area (Å²) in [5.41, 5.74) is -1.79. The Morgan fingerprint density at radius 2 is 2.05 bits per heavy atom. The highest BCUT2D eigenvalue weighted by molar-refractivity contribution is 6.32. The summed E-state index contributed by atoms with van der Waals surface area (Å²) in [6.45, 7) is 0. The third-order valence-electron chi connectivity index (χ3n) is 3.60. The van der Waals surface area contributed by atoms with Gasteiger partial charge < -0.3 is 4.74 Å². The van der Waals surface area contributed by atoms with Crippen LogP contribution >= 0.6 is 11.6 Å². The molecule has 2 aromatic rings. The largest absolute Gasteiger partial charge is 0.489 e. The Balaban J connectivity index is 2.08. The Labute approximate surface area is 129 Å². The molecule has 1 aromatic heterocycles. The highest BCUT2D eigenvalue weighted by atomic mass is 35.5.